The Morgan fingerprint density at radius 2 is 1.63 bits per heavy atom. The van der Waals surface area contributed by atoms with Crippen LogP contribution in [0.4, 0.5) is 4.79 Å². The predicted molar refractivity (Wildman–Crippen MR) is 162 cm³/mol. The fraction of sp³-hybridized carbons (Fsp3) is 0.323. The second kappa shape index (κ2) is 12.7. The first-order chi connectivity index (χ1) is 20.4. The van der Waals surface area contributed by atoms with Gasteiger partial charge in [-0.3, -0.25) is 5.41 Å². The Morgan fingerprint density at radius 1 is 1.05 bits per heavy atom. The maximum atomic E-state index is 13.6. The number of methoxy groups -OCH3 is 1. The highest BCUT2D eigenvalue weighted by atomic mass is 32.2. The number of hydrogen-bond donors (Lipinski definition) is 4. The average Bonchev–Trinajstić information content (AvgIpc) is 3.28. The van der Waals surface area contributed by atoms with E-state index in [1.54, 1.807) is 26.8 Å². The lowest BCUT2D eigenvalue weighted by atomic mass is 9.98. The normalized spacial score (nSPS) is 13.0. The lowest BCUT2D eigenvalue weighted by Crippen LogP contribution is -2.44. The van der Waals surface area contributed by atoms with Gasteiger partial charge < -0.3 is 25.6 Å². The fourth-order valence-electron chi connectivity index (χ4n) is 5.59. The zero-order chi connectivity index (χ0) is 31.5. The van der Waals surface area contributed by atoms with E-state index in [0.29, 0.717) is 22.4 Å². The van der Waals surface area contributed by atoms with Crippen molar-refractivity contribution in [2.45, 2.75) is 50.5 Å². The summed E-state index contributed by atoms with van der Waals surface area (Å²) in [5.41, 5.74) is 11.4. The van der Waals surface area contributed by atoms with Crippen molar-refractivity contribution >= 4 is 28.0 Å². The molecule has 3 aromatic carbocycles. The molecule has 0 radical (unpaired) electrons. The van der Waals surface area contributed by atoms with Gasteiger partial charge in [-0.25, -0.2) is 22.3 Å². The Morgan fingerprint density at radius 3 is 2.16 bits per heavy atom. The molecule has 0 aliphatic heterocycles. The van der Waals surface area contributed by atoms with Crippen LogP contribution in [0.5, 0.6) is 5.75 Å². The Kier molecular flexibility index (Phi) is 9.29. The third-order valence-electron chi connectivity index (χ3n) is 7.80. The van der Waals surface area contributed by atoms with Gasteiger partial charge >= 0.3 is 12.1 Å². The zero-order valence-corrected chi connectivity index (χ0v) is 25.3. The number of nitrogens with two attached hydrogens (primary N) is 1. The number of aryl methyl sites for hydroxylation is 1. The number of carbonyl (C=O) groups excluding carboxylic acids is 1. The molecule has 1 aliphatic rings. The average molecular weight is 609 g/mol. The van der Waals surface area contributed by atoms with Gasteiger partial charge in [0.15, 0.2) is 0 Å². The maximum absolute atomic E-state index is 13.6. The quantitative estimate of drug-likeness (QED) is 0.184. The van der Waals surface area contributed by atoms with Crippen molar-refractivity contribution in [3.8, 4) is 16.9 Å². The molecule has 228 valence electrons. The molecule has 3 aromatic rings. The number of nitrogens with zero attached hydrogens (tertiary/aromatic N) is 1. The number of rotatable bonds is 11. The van der Waals surface area contributed by atoms with Crippen LogP contribution in [0.1, 0.15) is 46.6 Å². The number of hydrogen-bond acceptors (Lipinski definition) is 7. The molecule has 1 aliphatic carbocycles. The smallest absolute Gasteiger partial charge is 0.407 e. The van der Waals surface area contributed by atoms with Gasteiger partial charge in [0.25, 0.3) is 10.0 Å². The summed E-state index contributed by atoms with van der Waals surface area (Å²) in [6.45, 7) is 4.76. The van der Waals surface area contributed by atoms with Crippen molar-refractivity contribution in [2.24, 2.45) is 5.73 Å². The van der Waals surface area contributed by atoms with Gasteiger partial charge in [-0.15, -0.1) is 0 Å². The number of alkyl carbamates (subject to hydrolysis) is 1. The summed E-state index contributed by atoms with van der Waals surface area (Å²) in [5, 5.41) is 20.1. The Balaban J connectivity index is 1.41. The summed E-state index contributed by atoms with van der Waals surface area (Å²) < 4.78 is 38.7. The lowest BCUT2D eigenvalue weighted by Gasteiger charge is -2.26. The molecule has 43 heavy (non-hydrogen) atoms. The third kappa shape index (κ3) is 6.29. The molecule has 5 N–H and O–H groups in total. The summed E-state index contributed by atoms with van der Waals surface area (Å²) in [7, 11) is -2.76. The van der Waals surface area contributed by atoms with Crippen LogP contribution in [0.3, 0.4) is 0 Å². The van der Waals surface area contributed by atoms with Gasteiger partial charge in [0.1, 0.15) is 18.4 Å². The number of ether oxygens (including phenoxy) is 2. The topological polar surface area (TPSA) is 172 Å². The van der Waals surface area contributed by atoms with Gasteiger partial charge in [-0.2, -0.15) is 0 Å². The van der Waals surface area contributed by atoms with Crippen molar-refractivity contribution in [2.75, 3.05) is 20.3 Å². The number of benzene rings is 3. The Labute approximate surface area is 251 Å². The third-order valence-corrected chi connectivity index (χ3v) is 9.91. The number of sulfonamides is 1. The van der Waals surface area contributed by atoms with Crippen LogP contribution in [0.25, 0.3) is 11.1 Å². The van der Waals surface area contributed by atoms with E-state index in [9.17, 15) is 23.1 Å². The van der Waals surface area contributed by atoms with E-state index < -0.39 is 34.1 Å². The standard InChI is InChI=1S/C31H36N4O7S/c1-18-16-27(41-4)19(2)20(3)28(18)43(39,40)35(30(32)33)15-9-14-26(29(36)37)34-31(38)42-17-25-23-12-7-5-10-21(23)22-11-6-8-13-24(22)25/h5-8,10-13,16,25-26H,9,14-15,17H2,1-4H3,(H3,32,33)(H,34,38)(H,36,37). The first kappa shape index (κ1) is 31.4. The van der Waals surface area contributed by atoms with Crippen LogP contribution in [-0.2, 0) is 19.6 Å². The van der Waals surface area contributed by atoms with E-state index >= 15 is 0 Å². The van der Waals surface area contributed by atoms with Crippen molar-refractivity contribution in [1.82, 2.24) is 9.62 Å². The first-order valence-electron chi connectivity index (χ1n) is 13.7. The molecule has 4 rings (SSSR count). The van der Waals surface area contributed by atoms with Gasteiger partial charge in [0, 0.05) is 12.5 Å². The predicted octanol–water partition coefficient (Wildman–Crippen LogP) is 4.28. The van der Waals surface area contributed by atoms with Gasteiger partial charge in [-0.05, 0) is 78.6 Å². The second-order valence-corrected chi connectivity index (χ2v) is 12.2. The summed E-state index contributed by atoms with van der Waals surface area (Å²) >= 11 is 0. The summed E-state index contributed by atoms with van der Waals surface area (Å²) in [6.07, 6.45) is -1.03. The van der Waals surface area contributed by atoms with Gasteiger partial charge in [0.2, 0.25) is 5.96 Å². The van der Waals surface area contributed by atoms with Crippen molar-refractivity contribution in [3.63, 3.8) is 0 Å². The molecule has 0 spiro atoms. The fourth-order valence-corrected chi connectivity index (χ4v) is 7.44. The SMILES string of the molecule is COc1cc(C)c(S(=O)(=O)N(CCCC(NC(=O)OCC2c3ccccc3-c3ccccc32)C(=O)O)C(=N)N)c(C)c1C. The Bertz CT molecular complexity index is 1630. The molecule has 1 atom stereocenters. The van der Waals surface area contributed by atoms with E-state index in [0.717, 1.165) is 26.6 Å². The summed E-state index contributed by atoms with van der Waals surface area (Å²) in [6, 6.07) is 16.0. The van der Waals surface area contributed by atoms with E-state index in [-0.39, 0.29) is 36.8 Å². The lowest BCUT2D eigenvalue weighted by molar-refractivity contribution is -0.139. The van der Waals surface area contributed by atoms with Crippen molar-refractivity contribution in [1.29, 1.82) is 5.41 Å². The number of fused-ring (bicyclic) bond motifs is 3. The largest absolute Gasteiger partial charge is 0.496 e. The van der Waals surface area contributed by atoms with Gasteiger partial charge in [-0.1, -0.05) is 48.5 Å². The zero-order valence-electron chi connectivity index (χ0n) is 24.5. The van der Waals surface area contributed by atoms with Crippen LogP contribution in [-0.4, -0.2) is 62.2 Å². The molecule has 0 aromatic heterocycles. The molecule has 0 saturated carbocycles. The molecule has 0 saturated heterocycles. The first-order valence-corrected chi connectivity index (χ1v) is 15.2. The highest BCUT2D eigenvalue weighted by molar-refractivity contribution is 7.89. The molecule has 1 unspecified atom stereocenters. The minimum atomic E-state index is -4.25. The van der Waals surface area contributed by atoms with Crippen LogP contribution < -0.4 is 15.8 Å². The molecule has 11 nitrogen and oxygen atoms in total. The minimum Gasteiger partial charge on any atom is -0.496 e. The number of carbonyl (C=O) groups is 2. The maximum Gasteiger partial charge on any atom is 0.407 e. The second-order valence-electron chi connectivity index (χ2n) is 10.4. The van der Waals surface area contributed by atoms with E-state index in [1.165, 1.54) is 7.11 Å². The number of carboxylic acids is 1. The Hall–Kier alpha value is -4.58. The van der Waals surface area contributed by atoms with Crippen molar-refractivity contribution < 1.29 is 32.6 Å². The number of amides is 1. The number of nitrogens with one attached hydrogen (secondary N) is 2. The monoisotopic (exact) mass is 608 g/mol. The molecule has 0 fully saturated rings. The van der Waals surface area contributed by atoms with E-state index in [2.05, 4.69) is 5.32 Å². The summed E-state index contributed by atoms with van der Waals surface area (Å²) in [4.78, 5) is 24.6. The van der Waals surface area contributed by atoms with E-state index in [1.807, 2.05) is 48.5 Å². The molecular formula is C31H36N4O7S. The van der Waals surface area contributed by atoms with Crippen LogP contribution in [0.2, 0.25) is 0 Å². The molecule has 0 bridgehead atoms. The molecule has 12 heteroatoms. The highest BCUT2D eigenvalue weighted by Gasteiger charge is 2.32. The molecule has 0 heterocycles. The molecular weight excluding hydrogens is 572 g/mol. The van der Waals surface area contributed by atoms with Gasteiger partial charge in [0.05, 0.1) is 12.0 Å². The number of guanidine groups is 1. The molecule has 1 amide bonds. The van der Waals surface area contributed by atoms with Crippen LogP contribution in [0.15, 0.2) is 59.5 Å². The highest BCUT2D eigenvalue weighted by Crippen LogP contribution is 2.44. The number of carboxylic acid groups (broad SMARTS) is 1. The summed E-state index contributed by atoms with van der Waals surface area (Å²) in [5.74, 6) is -1.66. The minimum absolute atomic E-state index is 0.00699. The van der Waals surface area contributed by atoms with Crippen molar-refractivity contribution in [3.05, 3.63) is 82.4 Å². The van der Waals surface area contributed by atoms with Crippen LogP contribution >= 0.6 is 0 Å². The van der Waals surface area contributed by atoms with E-state index in [4.69, 9.17) is 20.6 Å². The van der Waals surface area contributed by atoms with Crippen LogP contribution in [0, 0.1) is 26.2 Å². The number of aliphatic carboxylic acids is 1.